The minimum atomic E-state index is 0.388. The Morgan fingerprint density at radius 1 is 1.41 bits per heavy atom. The van der Waals surface area contributed by atoms with Gasteiger partial charge in [-0.2, -0.15) is 0 Å². The molecule has 0 radical (unpaired) electrons. The number of ether oxygens (including phenoxy) is 1. The van der Waals surface area contributed by atoms with Gasteiger partial charge in [0.25, 0.3) is 0 Å². The van der Waals surface area contributed by atoms with E-state index in [1.54, 1.807) is 7.11 Å². The fraction of sp³-hybridized carbons (Fsp3) is 0.538. The van der Waals surface area contributed by atoms with Gasteiger partial charge in [0.15, 0.2) is 0 Å². The summed E-state index contributed by atoms with van der Waals surface area (Å²) in [5, 5.41) is 4.30. The molecule has 1 aliphatic rings. The number of hydrogen-bond donors (Lipinski definition) is 1. The second kappa shape index (κ2) is 6.07. The van der Waals surface area contributed by atoms with Gasteiger partial charge in [0, 0.05) is 22.6 Å². The largest absolute Gasteiger partial charge is 0.381 e. The van der Waals surface area contributed by atoms with Crippen LogP contribution in [0.1, 0.15) is 25.7 Å². The summed E-state index contributed by atoms with van der Waals surface area (Å²) in [7, 11) is 1.79. The van der Waals surface area contributed by atoms with E-state index in [0.717, 1.165) is 21.6 Å². The van der Waals surface area contributed by atoms with Crippen LogP contribution in [0.15, 0.2) is 22.7 Å². The van der Waals surface area contributed by atoms with E-state index >= 15 is 0 Å². The van der Waals surface area contributed by atoms with Crippen LogP contribution in [0.3, 0.4) is 0 Å². The third kappa shape index (κ3) is 3.60. The highest BCUT2D eigenvalue weighted by Gasteiger charge is 2.21. The summed E-state index contributed by atoms with van der Waals surface area (Å²) in [6.45, 7) is 0. The first-order valence-electron chi connectivity index (χ1n) is 5.93. The first-order chi connectivity index (χ1) is 8.19. The first-order valence-corrected chi connectivity index (χ1v) is 7.10. The molecule has 1 saturated carbocycles. The smallest absolute Gasteiger partial charge is 0.0590 e. The second-order valence-electron chi connectivity index (χ2n) is 4.49. The van der Waals surface area contributed by atoms with Crippen molar-refractivity contribution in [2.75, 3.05) is 12.4 Å². The number of methoxy groups -OCH3 is 1. The summed E-state index contributed by atoms with van der Waals surface area (Å²) in [6, 6.07) is 6.29. The molecule has 2 rings (SSSR count). The Bertz CT molecular complexity index is 386. The lowest BCUT2D eigenvalue weighted by molar-refractivity contribution is 0.0669. The zero-order valence-electron chi connectivity index (χ0n) is 9.88. The van der Waals surface area contributed by atoms with Crippen molar-refractivity contribution < 1.29 is 4.74 Å². The number of halogens is 2. The van der Waals surface area contributed by atoms with E-state index in [1.807, 2.05) is 18.2 Å². The fourth-order valence-corrected chi connectivity index (χ4v) is 2.85. The second-order valence-corrected chi connectivity index (χ2v) is 5.78. The van der Waals surface area contributed by atoms with Gasteiger partial charge >= 0.3 is 0 Å². The summed E-state index contributed by atoms with van der Waals surface area (Å²) in [4.78, 5) is 0. The van der Waals surface area contributed by atoms with Crippen molar-refractivity contribution >= 4 is 33.2 Å². The minimum Gasteiger partial charge on any atom is -0.381 e. The molecular weight excluding hydrogens is 302 g/mol. The van der Waals surface area contributed by atoms with Gasteiger partial charge in [-0.3, -0.25) is 0 Å². The van der Waals surface area contributed by atoms with E-state index in [0.29, 0.717) is 12.1 Å². The van der Waals surface area contributed by atoms with Crippen LogP contribution in [0.25, 0.3) is 0 Å². The molecule has 2 atom stereocenters. The van der Waals surface area contributed by atoms with E-state index < -0.39 is 0 Å². The highest BCUT2D eigenvalue weighted by atomic mass is 79.9. The Hall–Kier alpha value is -0.250. The zero-order valence-corrected chi connectivity index (χ0v) is 12.2. The number of benzene rings is 1. The molecule has 1 aliphatic carbocycles. The zero-order chi connectivity index (χ0) is 12.3. The van der Waals surface area contributed by atoms with E-state index in [2.05, 4.69) is 21.2 Å². The predicted octanol–water partition coefficient (Wildman–Crippen LogP) is 4.47. The number of nitrogens with one attached hydrogen (secondary N) is 1. The lowest BCUT2D eigenvalue weighted by atomic mass is 9.92. The van der Waals surface area contributed by atoms with E-state index in [1.165, 1.54) is 19.3 Å². The van der Waals surface area contributed by atoms with Crippen LogP contribution in [-0.2, 0) is 4.74 Å². The molecule has 0 spiro atoms. The van der Waals surface area contributed by atoms with Gasteiger partial charge in [-0.25, -0.2) is 0 Å². The average Bonchev–Trinajstić information content (AvgIpc) is 2.34. The van der Waals surface area contributed by atoms with Crippen molar-refractivity contribution in [2.24, 2.45) is 0 Å². The highest BCUT2D eigenvalue weighted by molar-refractivity contribution is 9.10. The Morgan fingerprint density at radius 2 is 2.24 bits per heavy atom. The standard InChI is InChI=1S/C13H17BrClNO/c1-17-11-4-2-3-10(8-11)16-13-7-9(15)5-6-12(13)14/h5-7,10-11,16H,2-4,8H2,1H3. The van der Waals surface area contributed by atoms with Gasteiger partial charge in [-0.1, -0.05) is 11.6 Å². The molecule has 17 heavy (non-hydrogen) atoms. The molecule has 0 aliphatic heterocycles. The molecule has 2 unspecified atom stereocenters. The molecule has 1 fully saturated rings. The first kappa shape index (κ1) is 13.2. The highest BCUT2D eigenvalue weighted by Crippen LogP contribution is 2.30. The Morgan fingerprint density at radius 3 is 3.00 bits per heavy atom. The van der Waals surface area contributed by atoms with Crippen molar-refractivity contribution in [2.45, 2.75) is 37.8 Å². The maximum Gasteiger partial charge on any atom is 0.0590 e. The molecule has 1 aromatic carbocycles. The topological polar surface area (TPSA) is 21.3 Å². The van der Waals surface area contributed by atoms with Crippen LogP contribution < -0.4 is 5.32 Å². The average molecular weight is 319 g/mol. The summed E-state index contributed by atoms with van der Waals surface area (Å²) in [5.74, 6) is 0. The number of anilines is 1. The normalized spacial score (nSPS) is 24.6. The van der Waals surface area contributed by atoms with E-state index in [4.69, 9.17) is 16.3 Å². The van der Waals surface area contributed by atoms with Gasteiger partial charge in [0.1, 0.15) is 0 Å². The minimum absolute atomic E-state index is 0.388. The lowest BCUT2D eigenvalue weighted by Crippen LogP contribution is -2.31. The van der Waals surface area contributed by atoms with Crippen LogP contribution in [0, 0.1) is 0 Å². The Labute approximate surface area is 116 Å². The van der Waals surface area contributed by atoms with Crippen molar-refractivity contribution in [3.63, 3.8) is 0 Å². The maximum absolute atomic E-state index is 6.00. The van der Waals surface area contributed by atoms with Gasteiger partial charge in [-0.05, 0) is 59.8 Å². The van der Waals surface area contributed by atoms with Crippen LogP contribution in [0.4, 0.5) is 5.69 Å². The molecule has 0 aromatic heterocycles. The summed E-state index contributed by atoms with van der Waals surface area (Å²) in [6.07, 6.45) is 5.04. The van der Waals surface area contributed by atoms with Crippen molar-refractivity contribution in [3.05, 3.63) is 27.7 Å². The van der Waals surface area contributed by atoms with Crippen molar-refractivity contribution in [1.29, 1.82) is 0 Å². The quantitative estimate of drug-likeness (QED) is 0.887. The Balaban J connectivity index is 2.02. The van der Waals surface area contributed by atoms with Crippen LogP contribution in [-0.4, -0.2) is 19.3 Å². The van der Waals surface area contributed by atoms with Gasteiger partial charge in [0.05, 0.1) is 11.8 Å². The monoisotopic (exact) mass is 317 g/mol. The molecule has 4 heteroatoms. The number of hydrogen-bond acceptors (Lipinski definition) is 2. The molecule has 1 N–H and O–H groups in total. The molecule has 94 valence electrons. The Kier molecular flexibility index (Phi) is 4.71. The lowest BCUT2D eigenvalue weighted by Gasteiger charge is -2.29. The molecule has 0 heterocycles. The molecule has 0 bridgehead atoms. The van der Waals surface area contributed by atoms with Crippen molar-refractivity contribution in [1.82, 2.24) is 0 Å². The van der Waals surface area contributed by atoms with Crippen LogP contribution in [0.5, 0.6) is 0 Å². The predicted molar refractivity (Wildman–Crippen MR) is 75.8 cm³/mol. The van der Waals surface area contributed by atoms with Gasteiger partial charge in [0.2, 0.25) is 0 Å². The third-order valence-electron chi connectivity index (χ3n) is 3.25. The SMILES string of the molecule is COC1CCCC(Nc2cc(Cl)ccc2Br)C1. The summed E-state index contributed by atoms with van der Waals surface area (Å²) < 4.78 is 6.49. The summed E-state index contributed by atoms with van der Waals surface area (Å²) in [5.41, 5.74) is 1.07. The molecule has 0 amide bonds. The fourth-order valence-electron chi connectivity index (χ4n) is 2.32. The number of rotatable bonds is 3. The third-order valence-corrected chi connectivity index (χ3v) is 4.17. The van der Waals surface area contributed by atoms with E-state index in [-0.39, 0.29) is 0 Å². The maximum atomic E-state index is 6.00. The van der Waals surface area contributed by atoms with E-state index in [9.17, 15) is 0 Å². The van der Waals surface area contributed by atoms with Crippen LogP contribution in [0.2, 0.25) is 5.02 Å². The molecule has 2 nitrogen and oxygen atoms in total. The van der Waals surface area contributed by atoms with Gasteiger partial charge < -0.3 is 10.1 Å². The van der Waals surface area contributed by atoms with Crippen molar-refractivity contribution in [3.8, 4) is 0 Å². The molecule has 0 saturated heterocycles. The summed E-state index contributed by atoms with van der Waals surface area (Å²) >= 11 is 9.54. The molecule has 1 aromatic rings. The molecular formula is C13H17BrClNO. The van der Waals surface area contributed by atoms with Crippen LogP contribution >= 0.6 is 27.5 Å². The van der Waals surface area contributed by atoms with Gasteiger partial charge in [-0.15, -0.1) is 0 Å².